The van der Waals surface area contributed by atoms with E-state index in [1.165, 1.54) is 11.6 Å². The first-order valence-electron chi connectivity index (χ1n) is 4.67. The molecule has 0 bridgehead atoms. The van der Waals surface area contributed by atoms with Crippen molar-refractivity contribution in [1.82, 2.24) is 30.2 Å². The van der Waals surface area contributed by atoms with Crippen LogP contribution >= 0.6 is 11.8 Å². The van der Waals surface area contributed by atoms with Crippen molar-refractivity contribution in [3.05, 3.63) is 15.8 Å². The Kier molecular flexibility index (Phi) is 3.06. The van der Waals surface area contributed by atoms with Gasteiger partial charge in [0.1, 0.15) is 5.69 Å². The Morgan fingerprint density at radius 3 is 2.72 bits per heavy atom. The molecule has 2 aromatic heterocycles. The van der Waals surface area contributed by atoms with Gasteiger partial charge in [-0.05, 0) is 29.1 Å². The first kappa shape index (κ1) is 12.2. The zero-order valence-electron chi connectivity index (χ0n) is 9.43. The molecule has 10 nitrogen and oxygen atoms in total. The first-order chi connectivity index (χ1) is 8.49. The number of anilines is 1. The highest BCUT2D eigenvalue weighted by molar-refractivity contribution is 7.99. The highest BCUT2D eigenvalue weighted by atomic mass is 32.2. The number of nitrogen functional groups attached to an aromatic ring is 1. The van der Waals surface area contributed by atoms with E-state index in [0.717, 1.165) is 11.8 Å². The van der Waals surface area contributed by atoms with Crippen molar-refractivity contribution < 1.29 is 4.92 Å². The number of hydrogen-bond donors (Lipinski definition) is 1. The van der Waals surface area contributed by atoms with Crippen molar-refractivity contribution in [3.63, 3.8) is 0 Å². The van der Waals surface area contributed by atoms with Gasteiger partial charge in [-0.1, -0.05) is 0 Å². The third kappa shape index (κ3) is 2.20. The van der Waals surface area contributed by atoms with Crippen molar-refractivity contribution in [1.29, 1.82) is 0 Å². The minimum absolute atomic E-state index is 0.0317. The molecule has 2 N–H and O–H groups in total. The summed E-state index contributed by atoms with van der Waals surface area (Å²) >= 11 is 0.958. The molecule has 0 aliphatic carbocycles. The van der Waals surface area contributed by atoms with Crippen LogP contribution in [-0.2, 0) is 7.05 Å². The number of nitrogens with zero attached hydrogens (tertiary/aromatic N) is 7. The van der Waals surface area contributed by atoms with E-state index in [-0.39, 0.29) is 22.4 Å². The van der Waals surface area contributed by atoms with E-state index in [9.17, 15) is 10.1 Å². The summed E-state index contributed by atoms with van der Waals surface area (Å²) in [4.78, 5) is 18.0. The molecule has 2 heterocycles. The lowest BCUT2D eigenvalue weighted by molar-refractivity contribution is -0.389. The average Bonchev–Trinajstić information content (AvgIpc) is 2.62. The Labute approximate surface area is 105 Å². The van der Waals surface area contributed by atoms with Crippen LogP contribution in [0, 0.1) is 17.0 Å². The second-order valence-electron chi connectivity index (χ2n) is 3.27. The van der Waals surface area contributed by atoms with Crippen LogP contribution in [0.4, 0.5) is 11.6 Å². The van der Waals surface area contributed by atoms with Gasteiger partial charge in [-0.15, -0.1) is 5.10 Å². The molecule has 0 saturated carbocycles. The maximum Gasteiger partial charge on any atom is 0.322 e. The van der Waals surface area contributed by atoms with Crippen LogP contribution < -0.4 is 5.73 Å². The van der Waals surface area contributed by atoms with E-state index in [1.807, 2.05) is 0 Å². The highest BCUT2D eigenvalue weighted by Gasteiger charge is 2.23. The molecule has 0 unspecified atom stereocenters. The Balaban J connectivity index is 2.49. The predicted molar refractivity (Wildman–Crippen MR) is 60.8 cm³/mol. The Hall–Kier alpha value is -2.30. The Bertz CT molecular complexity index is 611. The average molecular weight is 268 g/mol. The lowest BCUT2D eigenvalue weighted by Crippen LogP contribution is -2.04. The predicted octanol–water partition coefficient (Wildman–Crippen LogP) is -0.0499. The van der Waals surface area contributed by atoms with Crippen LogP contribution in [-0.4, -0.2) is 35.1 Å². The number of tetrazole rings is 1. The van der Waals surface area contributed by atoms with Gasteiger partial charge in [-0.25, -0.2) is 9.67 Å². The van der Waals surface area contributed by atoms with Crippen LogP contribution in [0.25, 0.3) is 0 Å². The van der Waals surface area contributed by atoms with E-state index < -0.39 is 4.92 Å². The molecule has 0 atom stereocenters. The molecule has 0 saturated heterocycles. The molecular formula is C7H8N8O2S. The maximum absolute atomic E-state index is 11.0. The van der Waals surface area contributed by atoms with E-state index in [4.69, 9.17) is 5.73 Å². The molecule has 11 heteroatoms. The van der Waals surface area contributed by atoms with Gasteiger partial charge in [0.2, 0.25) is 11.1 Å². The van der Waals surface area contributed by atoms with Gasteiger partial charge in [0, 0.05) is 7.05 Å². The molecule has 0 amide bonds. The lowest BCUT2D eigenvalue weighted by atomic mass is 10.4. The van der Waals surface area contributed by atoms with Gasteiger partial charge in [-0.3, -0.25) is 10.1 Å². The summed E-state index contributed by atoms with van der Waals surface area (Å²) in [5, 5.41) is 22.2. The zero-order valence-corrected chi connectivity index (χ0v) is 10.2. The van der Waals surface area contributed by atoms with Crippen LogP contribution in [0.3, 0.4) is 0 Å². The Morgan fingerprint density at radius 2 is 2.17 bits per heavy atom. The molecule has 94 valence electrons. The maximum atomic E-state index is 11.0. The van der Waals surface area contributed by atoms with E-state index in [1.54, 1.807) is 7.05 Å². The molecule has 18 heavy (non-hydrogen) atoms. The minimum Gasteiger partial charge on any atom is -0.368 e. The fraction of sp³-hybridized carbons (Fsp3) is 0.286. The van der Waals surface area contributed by atoms with Gasteiger partial charge >= 0.3 is 5.69 Å². The molecule has 0 aliphatic heterocycles. The van der Waals surface area contributed by atoms with Gasteiger partial charge in [0.15, 0.2) is 5.03 Å². The summed E-state index contributed by atoms with van der Waals surface area (Å²) in [6, 6.07) is 0. The van der Waals surface area contributed by atoms with Crippen LogP contribution in [0.1, 0.15) is 5.69 Å². The SMILES string of the molecule is Cc1nc(N)nc(Sc2nnnn2C)c1[N+](=O)[O-]. The number of nitrogens with two attached hydrogens (primary N) is 1. The highest BCUT2D eigenvalue weighted by Crippen LogP contribution is 2.33. The van der Waals surface area contributed by atoms with Gasteiger partial charge < -0.3 is 5.73 Å². The quantitative estimate of drug-likeness (QED) is 0.461. The second-order valence-corrected chi connectivity index (χ2v) is 4.22. The summed E-state index contributed by atoms with van der Waals surface area (Å²) in [5.41, 5.74) is 5.48. The minimum atomic E-state index is -0.555. The summed E-state index contributed by atoms with van der Waals surface area (Å²) in [6.45, 7) is 1.50. The van der Waals surface area contributed by atoms with Gasteiger partial charge in [-0.2, -0.15) is 4.98 Å². The molecule has 0 aromatic carbocycles. The van der Waals surface area contributed by atoms with E-state index >= 15 is 0 Å². The normalized spacial score (nSPS) is 10.6. The second kappa shape index (κ2) is 4.52. The third-order valence-electron chi connectivity index (χ3n) is 2.00. The number of aryl methyl sites for hydroxylation is 2. The van der Waals surface area contributed by atoms with Crippen molar-refractivity contribution in [2.75, 3.05) is 5.73 Å². The molecule has 2 aromatic rings. The molecular weight excluding hydrogens is 260 g/mol. The summed E-state index contributed by atoms with van der Waals surface area (Å²) in [7, 11) is 1.62. The lowest BCUT2D eigenvalue weighted by Gasteiger charge is -2.03. The standard InChI is InChI=1S/C7H8N8O2S/c1-3-4(15(16)17)5(10-6(8)9-3)18-7-11-12-13-14(7)2/h1-2H3,(H2,8,9,10). The van der Waals surface area contributed by atoms with Crippen LogP contribution in [0.5, 0.6) is 0 Å². The Morgan fingerprint density at radius 1 is 1.44 bits per heavy atom. The fourth-order valence-corrected chi connectivity index (χ4v) is 2.11. The van der Waals surface area contributed by atoms with Crippen molar-refractivity contribution in [2.24, 2.45) is 7.05 Å². The number of hydrogen-bond acceptors (Lipinski definition) is 9. The summed E-state index contributed by atoms with van der Waals surface area (Å²) < 4.78 is 1.38. The smallest absolute Gasteiger partial charge is 0.322 e. The van der Waals surface area contributed by atoms with Crippen molar-refractivity contribution in [2.45, 2.75) is 17.1 Å². The molecule has 0 spiro atoms. The molecule has 0 aliphatic rings. The van der Waals surface area contributed by atoms with Crippen LogP contribution in [0.15, 0.2) is 10.2 Å². The largest absolute Gasteiger partial charge is 0.368 e. The van der Waals surface area contributed by atoms with E-state index in [0.29, 0.717) is 5.16 Å². The fourth-order valence-electron chi connectivity index (χ4n) is 1.24. The molecule has 0 fully saturated rings. The van der Waals surface area contributed by atoms with Crippen molar-refractivity contribution in [3.8, 4) is 0 Å². The number of aromatic nitrogens is 6. The van der Waals surface area contributed by atoms with Crippen LogP contribution in [0.2, 0.25) is 0 Å². The summed E-state index contributed by atoms with van der Waals surface area (Å²) in [6.07, 6.45) is 0. The number of rotatable bonds is 3. The zero-order chi connectivity index (χ0) is 13.3. The monoisotopic (exact) mass is 268 g/mol. The van der Waals surface area contributed by atoms with E-state index in [2.05, 4.69) is 25.5 Å². The number of nitro groups is 1. The molecule has 0 radical (unpaired) electrons. The van der Waals surface area contributed by atoms with Crippen molar-refractivity contribution >= 4 is 23.4 Å². The third-order valence-corrected chi connectivity index (χ3v) is 3.00. The molecule has 2 rings (SSSR count). The topological polar surface area (TPSA) is 139 Å². The van der Waals surface area contributed by atoms with Gasteiger partial charge in [0.05, 0.1) is 4.92 Å². The first-order valence-corrected chi connectivity index (χ1v) is 5.49. The summed E-state index contributed by atoms with van der Waals surface area (Å²) in [5.74, 6) is -0.0317. The van der Waals surface area contributed by atoms with Gasteiger partial charge in [0.25, 0.3) is 0 Å².